The molecule has 22 heavy (non-hydrogen) atoms. The minimum atomic E-state index is -4.70. The maximum absolute atomic E-state index is 13.9. The number of fused-ring (bicyclic) bond motifs is 1. The smallest absolute Gasteiger partial charge is 0.325 e. The minimum absolute atomic E-state index is 0.0503. The van der Waals surface area contributed by atoms with Gasteiger partial charge in [0, 0.05) is 16.6 Å². The lowest BCUT2D eigenvalue weighted by molar-refractivity contribution is -0.193. The molecule has 0 saturated heterocycles. The van der Waals surface area contributed by atoms with Gasteiger partial charge in [-0.05, 0) is 29.3 Å². The van der Waals surface area contributed by atoms with Gasteiger partial charge in [-0.3, -0.25) is 4.79 Å². The molecule has 0 saturated carbocycles. The van der Waals surface area contributed by atoms with E-state index in [0.29, 0.717) is 15.7 Å². The highest BCUT2D eigenvalue weighted by molar-refractivity contribution is 9.10. The molecule has 2 nitrogen and oxygen atoms in total. The molecule has 0 spiro atoms. The molecule has 2 aromatic carbocycles. The average Bonchev–Trinajstić information content (AvgIpc) is 2.46. The Hall–Kier alpha value is -1.82. The molecule has 1 aliphatic heterocycles. The molecule has 0 radical (unpaired) electrons. The van der Waals surface area contributed by atoms with Crippen molar-refractivity contribution < 1.29 is 18.0 Å². The van der Waals surface area contributed by atoms with E-state index in [0.717, 1.165) is 0 Å². The average molecular weight is 370 g/mol. The second-order valence-electron chi connectivity index (χ2n) is 5.20. The van der Waals surface area contributed by atoms with Crippen LogP contribution in [0.25, 0.3) is 0 Å². The summed E-state index contributed by atoms with van der Waals surface area (Å²) in [7, 11) is 0. The normalized spacial score (nSPS) is 21.2. The number of carbonyl (C=O) groups excluding carboxylic acids is 1. The van der Waals surface area contributed by atoms with E-state index in [1.165, 1.54) is 24.3 Å². The van der Waals surface area contributed by atoms with Crippen molar-refractivity contribution in [3.05, 3.63) is 64.1 Å². The number of benzene rings is 2. The first-order valence-electron chi connectivity index (χ1n) is 6.57. The quantitative estimate of drug-likeness (QED) is 0.790. The van der Waals surface area contributed by atoms with Crippen LogP contribution >= 0.6 is 15.9 Å². The summed E-state index contributed by atoms with van der Waals surface area (Å²) in [5.74, 6) is -1.04. The van der Waals surface area contributed by atoms with Crippen molar-refractivity contribution in [1.82, 2.24) is 0 Å². The summed E-state index contributed by atoms with van der Waals surface area (Å²) in [6, 6.07) is 12.2. The zero-order chi connectivity index (χ0) is 16.0. The highest BCUT2D eigenvalue weighted by atomic mass is 79.9. The van der Waals surface area contributed by atoms with Crippen LogP contribution in [-0.2, 0) is 16.6 Å². The number of anilines is 1. The van der Waals surface area contributed by atoms with Crippen molar-refractivity contribution in [2.75, 3.05) is 5.32 Å². The fraction of sp³-hybridized carbons (Fsp3) is 0.188. The number of alkyl halides is 3. The molecule has 2 aromatic rings. The Balaban J connectivity index is 2.22. The van der Waals surface area contributed by atoms with Gasteiger partial charge < -0.3 is 5.32 Å². The summed E-state index contributed by atoms with van der Waals surface area (Å²) in [5, 5.41) is 2.40. The monoisotopic (exact) mass is 369 g/mol. The Labute approximate surface area is 133 Å². The molecule has 3 rings (SSSR count). The Bertz CT molecular complexity index is 730. The maximum atomic E-state index is 13.9. The lowest BCUT2D eigenvalue weighted by atomic mass is 9.71. The van der Waals surface area contributed by atoms with Crippen molar-refractivity contribution in [2.45, 2.75) is 18.0 Å². The summed E-state index contributed by atoms with van der Waals surface area (Å²) < 4.78 is 42.2. The second-order valence-corrected chi connectivity index (χ2v) is 6.12. The summed E-state index contributed by atoms with van der Waals surface area (Å²) in [4.78, 5) is 12.4. The molecule has 0 bridgehead atoms. The summed E-state index contributed by atoms with van der Waals surface area (Å²) in [6.45, 7) is 0. The van der Waals surface area contributed by atoms with Gasteiger partial charge in [0.15, 0.2) is 5.41 Å². The highest BCUT2D eigenvalue weighted by Crippen LogP contribution is 2.48. The Morgan fingerprint density at radius 2 is 1.77 bits per heavy atom. The van der Waals surface area contributed by atoms with Crippen molar-refractivity contribution in [2.24, 2.45) is 0 Å². The molecule has 0 fully saturated rings. The largest absolute Gasteiger partial charge is 0.407 e. The zero-order valence-electron chi connectivity index (χ0n) is 11.2. The molecule has 6 heteroatoms. The van der Waals surface area contributed by atoms with Crippen LogP contribution in [-0.4, -0.2) is 12.1 Å². The summed E-state index contributed by atoms with van der Waals surface area (Å²) >= 11 is 3.26. The third kappa shape index (κ3) is 2.22. The van der Waals surface area contributed by atoms with Gasteiger partial charge in [0.2, 0.25) is 5.91 Å². The van der Waals surface area contributed by atoms with Gasteiger partial charge in [-0.1, -0.05) is 46.3 Å². The molecular weight excluding hydrogens is 359 g/mol. The Kier molecular flexibility index (Phi) is 3.51. The van der Waals surface area contributed by atoms with E-state index in [-0.39, 0.29) is 5.56 Å². The van der Waals surface area contributed by atoms with E-state index < -0.39 is 23.9 Å². The van der Waals surface area contributed by atoms with Crippen LogP contribution in [0.5, 0.6) is 0 Å². The van der Waals surface area contributed by atoms with Crippen molar-refractivity contribution in [3.8, 4) is 0 Å². The molecule has 114 valence electrons. The van der Waals surface area contributed by atoms with E-state index in [4.69, 9.17) is 0 Å². The van der Waals surface area contributed by atoms with Gasteiger partial charge in [-0.25, -0.2) is 0 Å². The van der Waals surface area contributed by atoms with E-state index in [9.17, 15) is 18.0 Å². The molecule has 0 unspecified atom stereocenters. The lowest BCUT2D eigenvalue weighted by Gasteiger charge is -2.38. The molecule has 0 aromatic heterocycles. The van der Waals surface area contributed by atoms with Crippen LogP contribution in [0, 0.1) is 0 Å². The summed E-state index contributed by atoms with van der Waals surface area (Å²) in [5.41, 5.74) is -1.74. The van der Waals surface area contributed by atoms with Crippen LogP contribution < -0.4 is 5.32 Å². The van der Waals surface area contributed by atoms with Gasteiger partial charge >= 0.3 is 6.18 Å². The first-order valence-corrected chi connectivity index (χ1v) is 7.36. The lowest BCUT2D eigenvalue weighted by Crippen LogP contribution is -2.55. The number of nitrogens with one attached hydrogen (secondary N) is 1. The van der Waals surface area contributed by atoms with E-state index in [1.54, 1.807) is 24.3 Å². The Morgan fingerprint density at radius 1 is 1.09 bits per heavy atom. The minimum Gasteiger partial charge on any atom is -0.325 e. The van der Waals surface area contributed by atoms with Gasteiger partial charge in [0.05, 0.1) is 0 Å². The molecule has 1 atom stereocenters. The molecule has 1 heterocycles. The number of hydrogen-bond donors (Lipinski definition) is 1. The van der Waals surface area contributed by atoms with Crippen LogP contribution in [0.2, 0.25) is 0 Å². The van der Waals surface area contributed by atoms with Gasteiger partial charge in [0.1, 0.15) is 0 Å². The van der Waals surface area contributed by atoms with Gasteiger partial charge in [-0.2, -0.15) is 13.2 Å². The maximum Gasteiger partial charge on any atom is 0.407 e. The predicted molar refractivity (Wildman–Crippen MR) is 80.7 cm³/mol. The predicted octanol–water partition coefficient (Wildman–Crippen LogP) is 4.44. The van der Waals surface area contributed by atoms with Crippen molar-refractivity contribution in [3.63, 3.8) is 0 Å². The fourth-order valence-corrected chi connectivity index (χ4v) is 3.18. The number of amides is 1. The highest BCUT2D eigenvalue weighted by Gasteiger charge is 2.62. The van der Waals surface area contributed by atoms with E-state index in [2.05, 4.69) is 21.2 Å². The van der Waals surface area contributed by atoms with Crippen LogP contribution in [0.15, 0.2) is 53.0 Å². The molecule has 0 aliphatic carbocycles. The van der Waals surface area contributed by atoms with Crippen molar-refractivity contribution in [1.29, 1.82) is 0 Å². The molecule has 1 amide bonds. The van der Waals surface area contributed by atoms with Gasteiger partial charge in [0.25, 0.3) is 0 Å². The Morgan fingerprint density at radius 3 is 2.41 bits per heavy atom. The zero-order valence-corrected chi connectivity index (χ0v) is 12.8. The third-order valence-electron chi connectivity index (χ3n) is 3.91. The third-order valence-corrected chi connectivity index (χ3v) is 4.40. The topological polar surface area (TPSA) is 29.1 Å². The number of carbonyl (C=O) groups is 1. The summed E-state index contributed by atoms with van der Waals surface area (Å²) in [6.07, 6.45) is -5.11. The second kappa shape index (κ2) is 5.12. The van der Waals surface area contributed by atoms with E-state index in [1.807, 2.05) is 0 Å². The number of rotatable bonds is 1. The molecule has 1 N–H and O–H groups in total. The first-order chi connectivity index (χ1) is 10.3. The van der Waals surface area contributed by atoms with Gasteiger partial charge in [-0.15, -0.1) is 0 Å². The molecular formula is C16H11BrF3NO. The standard InChI is InChI=1S/C16H11BrF3NO/c17-12-6-7-13-10(8-12)9-15(14(22)21-13,16(18,19)20)11-4-2-1-3-5-11/h1-8H,9H2,(H,21,22)/t15-/m1/s1. The van der Waals surface area contributed by atoms with Crippen LogP contribution in [0.3, 0.4) is 0 Å². The molecule has 1 aliphatic rings. The number of hydrogen-bond acceptors (Lipinski definition) is 1. The SMILES string of the molecule is O=C1Nc2ccc(Br)cc2C[C@]1(c1ccccc1)C(F)(F)F. The van der Waals surface area contributed by atoms with E-state index >= 15 is 0 Å². The van der Waals surface area contributed by atoms with Crippen molar-refractivity contribution >= 4 is 27.5 Å². The number of halogens is 4. The first kappa shape index (κ1) is 15.1. The van der Waals surface area contributed by atoms with Crippen LogP contribution in [0.4, 0.5) is 18.9 Å². The van der Waals surface area contributed by atoms with Crippen LogP contribution in [0.1, 0.15) is 11.1 Å². The fourth-order valence-electron chi connectivity index (χ4n) is 2.77.